The molecule has 0 saturated heterocycles. The molecule has 5 aromatic rings. The van der Waals surface area contributed by atoms with E-state index >= 15 is 0 Å². The van der Waals surface area contributed by atoms with Crippen LogP contribution >= 0.6 is 0 Å². The maximum Gasteiger partial charge on any atom is 0.277 e. The van der Waals surface area contributed by atoms with Crippen molar-refractivity contribution in [3.05, 3.63) is 82.9 Å². The van der Waals surface area contributed by atoms with E-state index in [-0.39, 0.29) is 30.1 Å². The molecule has 160 valence electrons. The Balaban J connectivity index is 1.52. The summed E-state index contributed by atoms with van der Waals surface area (Å²) in [5.41, 5.74) is 2.26. The largest absolute Gasteiger partial charge is 0.497 e. The predicted molar refractivity (Wildman–Crippen MR) is 114 cm³/mol. The Morgan fingerprint density at radius 2 is 1.97 bits per heavy atom. The Bertz CT molecular complexity index is 1440. The number of aliphatic hydroxyl groups excluding tert-OH is 1. The van der Waals surface area contributed by atoms with E-state index in [9.17, 15) is 9.90 Å². The van der Waals surface area contributed by atoms with Crippen LogP contribution in [0.3, 0.4) is 0 Å². The molecule has 4 heterocycles. The van der Waals surface area contributed by atoms with E-state index in [1.807, 2.05) is 18.2 Å². The van der Waals surface area contributed by atoms with Crippen LogP contribution in [0.5, 0.6) is 5.75 Å². The van der Waals surface area contributed by atoms with Gasteiger partial charge < -0.3 is 18.9 Å². The minimum absolute atomic E-state index is 0.0725. The van der Waals surface area contributed by atoms with E-state index in [2.05, 4.69) is 20.2 Å². The fraction of sp³-hybridized carbons (Fsp3) is 0.136. The van der Waals surface area contributed by atoms with Crippen molar-refractivity contribution in [2.24, 2.45) is 0 Å². The van der Waals surface area contributed by atoms with E-state index in [4.69, 9.17) is 9.26 Å². The molecule has 0 aliphatic carbocycles. The molecule has 0 fully saturated rings. The second-order valence-electron chi connectivity index (χ2n) is 6.96. The molecular weight excluding hydrogens is 412 g/mol. The molecule has 10 nitrogen and oxygen atoms in total. The summed E-state index contributed by atoms with van der Waals surface area (Å²) in [6.07, 6.45) is 4.88. The third-order valence-electron chi connectivity index (χ3n) is 5.05. The van der Waals surface area contributed by atoms with Crippen molar-refractivity contribution < 1.29 is 14.4 Å². The number of benzene rings is 1. The van der Waals surface area contributed by atoms with Crippen LogP contribution in [-0.2, 0) is 13.2 Å². The van der Waals surface area contributed by atoms with Crippen molar-refractivity contribution in [1.82, 2.24) is 29.3 Å². The molecule has 10 heteroatoms. The Kier molecular flexibility index (Phi) is 4.96. The lowest BCUT2D eigenvalue weighted by molar-refractivity contribution is 0.283. The van der Waals surface area contributed by atoms with Gasteiger partial charge in [0.25, 0.3) is 5.56 Å². The molecule has 0 atom stereocenters. The molecule has 5 rings (SSSR count). The number of nitrogens with zero attached hydrogens (tertiary/aromatic N) is 6. The summed E-state index contributed by atoms with van der Waals surface area (Å²) in [7, 11) is 1.59. The zero-order chi connectivity index (χ0) is 22.1. The highest BCUT2D eigenvalue weighted by Crippen LogP contribution is 2.26. The summed E-state index contributed by atoms with van der Waals surface area (Å²) in [4.78, 5) is 21.7. The van der Waals surface area contributed by atoms with Crippen molar-refractivity contribution >= 4 is 5.52 Å². The minimum Gasteiger partial charge on any atom is -0.497 e. The number of hydrogen-bond donors (Lipinski definition) is 1. The molecule has 0 amide bonds. The molecule has 0 unspecified atom stereocenters. The first-order chi connectivity index (χ1) is 15.7. The van der Waals surface area contributed by atoms with Crippen LogP contribution in [-0.4, -0.2) is 41.5 Å². The van der Waals surface area contributed by atoms with Gasteiger partial charge >= 0.3 is 0 Å². The molecule has 0 aliphatic rings. The second-order valence-corrected chi connectivity index (χ2v) is 6.96. The van der Waals surface area contributed by atoms with E-state index in [0.29, 0.717) is 28.5 Å². The average molecular weight is 430 g/mol. The van der Waals surface area contributed by atoms with Gasteiger partial charge in [0, 0.05) is 29.7 Å². The zero-order valence-corrected chi connectivity index (χ0v) is 17.0. The molecule has 0 spiro atoms. The number of rotatable bonds is 6. The highest BCUT2D eigenvalue weighted by Gasteiger charge is 2.19. The first kappa shape index (κ1) is 19.6. The van der Waals surface area contributed by atoms with Crippen molar-refractivity contribution in [1.29, 1.82) is 0 Å². The molecule has 0 radical (unpaired) electrons. The summed E-state index contributed by atoms with van der Waals surface area (Å²) in [6, 6.07) is 12.7. The summed E-state index contributed by atoms with van der Waals surface area (Å²) in [6.45, 7) is -0.266. The van der Waals surface area contributed by atoms with Gasteiger partial charge in [0.2, 0.25) is 11.7 Å². The Morgan fingerprint density at radius 3 is 2.69 bits per heavy atom. The Morgan fingerprint density at radius 1 is 1.12 bits per heavy atom. The van der Waals surface area contributed by atoms with Gasteiger partial charge in [-0.1, -0.05) is 11.2 Å². The van der Waals surface area contributed by atoms with Crippen LogP contribution in [0.15, 0.2) is 70.4 Å². The lowest BCUT2D eigenvalue weighted by atomic mass is 10.1. The minimum atomic E-state index is -0.339. The number of pyridine rings is 1. The highest BCUT2D eigenvalue weighted by molar-refractivity contribution is 5.72. The smallest absolute Gasteiger partial charge is 0.277 e. The monoisotopic (exact) mass is 430 g/mol. The maximum atomic E-state index is 13.2. The maximum absolute atomic E-state index is 13.2. The zero-order valence-electron chi connectivity index (χ0n) is 17.0. The summed E-state index contributed by atoms with van der Waals surface area (Å²) < 4.78 is 13.4. The number of fused-ring (bicyclic) bond motifs is 1. The van der Waals surface area contributed by atoms with Gasteiger partial charge in [-0.2, -0.15) is 10.1 Å². The van der Waals surface area contributed by atoms with Crippen LogP contribution in [0.25, 0.3) is 28.3 Å². The fourth-order valence-electron chi connectivity index (χ4n) is 3.47. The van der Waals surface area contributed by atoms with E-state index < -0.39 is 0 Å². The molecule has 0 saturated carbocycles. The quantitative estimate of drug-likeness (QED) is 0.435. The Labute approximate surface area is 181 Å². The number of hydrogen-bond acceptors (Lipinski definition) is 8. The molecule has 1 N–H and O–H groups in total. The first-order valence-electron chi connectivity index (χ1n) is 9.78. The van der Waals surface area contributed by atoms with Crippen LogP contribution in [0.4, 0.5) is 0 Å². The molecular formula is C22H18N6O4. The predicted octanol–water partition coefficient (Wildman–Crippen LogP) is 2.16. The van der Waals surface area contributed by atoms with Gasteiger partial charge in [-0.15, -0.1) is 0 Å². The van der Waals surface area contributed by atoms with Gasteiger partial charge in [0.1, 0.15) is 23.5 Å². The number of aliphatic hydroxyl groups is 1. The van der Waals surface area contributed by atoms with Gasteiger partial charge in [-0.05, 0) is 36.4 Å². The van der Waals surface area contributed by atoms with Crippen molar-refractivity contribution in [2.45, 2.75) is 13.2 Å². The molecule has 1 aromatic carbocycles. The SMILES string of the molecule is COc1ccc(-c2nn3ccn(Cc4nc(-c5ccccn5)no4)c(=O)c3c2CO)cc1. The normalized spacial score (nSPS) is 11.2. The standard InChI is InChI=1S/C22H18N6O4/c1-31-15-7-5-14(6-8-15)19-16(13-29)20-22(30)27(10-11-28(20)25-19)12-18-24-21(26-32-18)17-4-2-3-9-23-17/h2-11,29H,12-13H2,1H3. The topological polar surface area (TPSA) is 121 Å². The molecule has 4 aromatic heterocycles. The highest BCUT2D eigenvalue weighted by atomic mass is 16.5. The van der Waals surface area contributed by atoms with E-state index in [1.165, 1.54) is 9.08 Å². The van der Waals surface area contributed by atoms with Crippen LogP contribution in [0.1, 0.15) is 11.5 Å². The van der Waals surface area contributed by atoms with Crippen LogP contribution < -0.4 is 10.3 Å². The number of ether oxygens (including phenoxy) is 1. The molecule has 0 aliphatic heterocycles. The van der Waals surface area contributed by atoms with Gasteiger partial charge in [0.15, 0.2) is 0 Å². The van der Waals surface area contributed by atoms with Crippen molar-refractivity contribution in [3.63, 3.8) is 0 Å². The summed E-state index contributed by atoms with van der Waals surface area (Å²) in [5.74, 6) is 1.31. The van der Waals surface area contributed by atoms with Gasteiger partial charge in [-0.25, -0.2) is 4.52 Å². The summed E-state index contributed by atoms with van der Waals surface area (Å²) in [5, 5.41) is 18.5. The fourth-order valence-corrected chi connectivity index (χ4v) is 3.47. The number of aromatic nitrogens is 6. The molecule has 0 bridgehead atoms. The summed E-state index contributed by atoms with van der Waals surface area (Å²) >= 11 is 0. The third-order valence-corrected chi connectivity index (χ3v) is 5.05. The average Bonchev–Trinajstić information content (AvgIpc) is 3.46. The molecule has 32 heavy (non-hydrogen) atoms. The van der Waals surface area contributed by atoms with E-state index in [0.717, 1.165) is 5.56 Å². The van der Waals surface area contributed by atoms with Gasteiger partial charge in [0.05, 0.1) is 19.4 Å². The van der Waals surface area contributed by atoms with Crippen LogP contribution in [0.2, 0.25) is 0 Å². The van der Waals surface area contributed by atoms with Crippen molar-refractivity contribution in [3.8, 4) is 28.5 Å². The lowest BCUT2D eigenvalue weighted by Gasteiger charge is -2.04. The van der Waals surface area contributed by atoms with Gasteiger partial charge in [-0.3, -0.25) is 9.78 Å². The lowest BCUT2D eigenvalue weighted by Crippen LogP contribution is -2.22. The van der Waals surface area contributed by atoms with Crippen molar-refractivity contribution in [2.75, 3.05) is 7.11 Å². The second kappa shape index (κ2) is 8.08. The number of methoxy groups -OCH3 is 1. The van der Waals surface area contributed by atoms with E-state index in [1.54, 1.807) is 50.0 Å². The van der Waals surface area contributed by atoms with Crippen LogP contribution in [0, 0.1) is 0 Å². The first-order valence-corrected chi connectivity index (χ1v) is 9.78. The Hall–Kier alpha value is -4.31. The third kappa shape index (κ3) is 3.42.